The molecule has 2 aliphatic rings. The number of aromatic nitrogens is 2. The molecule has 0 radical (unpaired) electrons. The van der Waals surface area contributed by atoms with Crippen molar-refractivity contribution in [3.05, 3.63) is 41.2 Å². The molecule has 0 saturated carbocycles. The van der Waals surface area contributed by atoms with Crippen LogP contribution in [0.2, 0.25) is 0 Å². The van der Waals surface area contributed by atoms with Crippen LogP contribution in [0.15, 0.2) is 24.3 Å². The zero-order chi connectivity index (χ0) is 18.6. The summed E-state index contributed by atoms with van der Waals surface area (Å²) in [6, 6.07) is 8.19. The molecule has 1 amide bonds. The molecule has 4 rings (SSSR count). The van der Waals surface area contributed by atoms with E-state index in [1.165, 1.54) is 25.1 Å². The summed E-state index contributed by atoms with van der Waals surface area (Å²) in [6.07, 6.45) is 5.46. The van der Waals surface area contributed by atoms with Crippen LogP contribution >= 0.6 is 0 Å². The smallest absolute Gasteiger partial charge is 0.276 e. The van der Waals surface area contributed by atoms with E-state index in [2.05, 4.69) is 44.4 Å². The number of aromatic amines is 1. The van der Waals surface area contributed by atoms with Gasteiger partial charge in [-0.1, -0.05) is 6.92 Å². The van der Waals surface area contributed by atoms with E-state index in [-0.39, 0.29) is 5.91 Å². The minimum atomic E-state index is -0.115. The van der Waals surface area contributed by atoms with Gasteiger partial charge in [0.25, 0.3) is 5.91 Å². The second kappa shape index (κ2) is 8.13. The summed E-state index contributed by atoms with van der Waals surface area (Å²) in [5, 5.41) is 10.3. The van der Waals surface area contributed by atoms with Crippen LogP contribution in [0.1, 0.15) is 47.9 Å². The van der Waals surface area contributed by atoms with E-state index in [0.717, 1.165) is 62.4 Å². The van der Waals surface area contributed by atoms with Crippen molar-refractivity contribution >= 4 is 17.3 Å². The Hall–Kier alpha value is -2.34. The maximum atomic E-state index is 12.6. The number of anilines is 2. The molecule has 1 aromatic carbocycles. The fourth-order valence-electron chi connectivity index (χ4n) is 4.16. The molecule has 1 aliphatic carbocycles. The van der Waals surface area contributed by atoms with Crippen LogP contribution in [0.5, 0.6) is 0 Å². The van der Waals surface area contributed by atoms with Gasteiger partial charge in [-0.2, -0.15) is 5.10 Å². The Kier molecular flexibility index (Phi) is 5.43. The molecule has 0 bridgehead atoms. The maximum Gasteiger partial charge on any atom is 0.276 e. The van der Waals surface area contributed by atoms with Gasteiger partial charge in [0.2, 0.25) is 0 Å². The summed E-state index contributed by atoms with van der Waals surface area (Å²) in [4.78, 5) is 17.6. The SMILES string of the molecule is CCCN1CCN(c2ccc(NC(=O)c3n[nH]c4c3CCCC4)cc2)CC1. The zero-order valence-electron chi connectivity index (χ0n) is 16.1. The molecular formula is C21H29N5O. The Bertz CT molecular complexity index is 774. The van der Waals surface area contributed by atoms with Crippen molar-refractivity contribution in [1.82, 2.24) is 15.1 Å². The minimum absolute atomic E-state index is 0.115. The molecule has 6 heteroatoms. The third-order valence-electron chi connectivity index (χ3n) is 5.67. The number of benzene rings is 1. The molecule has 2 N–H and O–H groups in total. The average Bonchev–Trinajstić information content (AvgIpc) is 3.14. The summed E-state index contributed by atoms with van der Waals surface area (Å²) in [5.74, 6) is -0.115. The van der Waals surface area contributed by atoms with Gasteiger partial charge in [-0.3, -0.25) is 14.8 Å². The van der Waals surface area contributed by atoms with E-state index < -0.39 is 0 Å². The lowest BCUT2D eigenvalue weighted by molar-refractivity contribution is 0.102. The summed E-state index contributed by atoms with van der Waals surface area (Å²) in [5.41, 5.74) is 4.83. The predicted octanol–water partition coefficient (Wildman–Crippen LogP) is 3.07. The molecule has 27 heavy (non-hydrogen) atoms. The lowest BCUT2D eigenvalue weighted by Crippen LogP contribution is -2.46. The number of aryl methyl sites for hydroxylation is 1. The number of carbonyl (C=O) groups excluding carboxylic acids is 1. The lowest BCUT2D eigenvalue weighted by atomic mass is 9.96. The number of fused-ring (bicyclic) bond motifs is 1. The second-order valence-corrected chi connectivity index (χ2v) is 7.57. The maximum absolute atomic E-state index is 12.6. The van der Waals surface area contributed by atoms with Crippen LogP contribution in [0.4, 0.5) is 11.4 Å². The first-order chi connectivity index (χ1) is 13.2. The highest BCUT2D eigenvalue weighted by molar-refractivity contribution is 6.04. The van der Waals surface area contributed by atoms with E-state index >= 15 is 0 Å². The van der Waals surface area contributed by atoms with Crippen LogP contribution in [-0.2, 0) is 12.8 Å². The number of nitrogens with one attached hydrogen (secondary N) is 2. The summed E-state index contributed by atoms with van der Waals surface area (Å²) < 4.78 is 0. The largest absolute Gasteiger partial charge is 0.369 e. The van der Waals surface area contributed by atoms with Gasteiger partial charge < -0.3 is 10.2 Å². The Morgan fingerprint density at radius 2 is 1.85 bits per heavy atom. The summed E-state index contributed by atoms with van der Waals surface area (Å²) in [6.45, 7) is 7.79. The van der Waals surface area contributed by atoms with Crippen molar-refractivity contribution < 1.29 is 4.79 Å². The van der Waals surface area contributed by atoms with Crippen molar-refractivity contribution in [3.63, 3.8) is 0 Å². The highest BCUT2D eigenvalue weighted by Crippen LogP contribution is 2.24. The first-order valence-electron chi connectivity index (χ1n) is 10.2. The van der Waals surface area contributed by atoms with E-state index in [9.17, 15) is 4.79 Å². The standard InChI is InChI=1S/C21H29N5O/c1-2-11-25-12-14-26(15-13-25)17-9-7-16(8-10-17)22-21(27)20-18-5-3-4-6-19(18)23-24-20/h7-10H,2-6,11-15H2,1H3,(H,22,27)(H,23,24). The quantitative estimate of drug-likeness (QED) is 0.852. The van der Waals surface area contributed by atoms with Crippen LogP contribution in [-0.4, -0.2) is 53.7 Å². The Morgan fingerprint density at radius 3 is 2.59 bits per heavy atom. The van der Waals surface area contributed by atoms with Gasteiger partial charge in [-0.25, -0.2) is 0 Å². The van der Waals surface area contributed by atoms with E-state index in [4.69, 9.17) is 0 Å². The van der Waals surface area contributed by atoms with Crippen molar-refractivity contribution in [3.8, 4) is 0 Å². The second-order valence-electron chi connectivity index (χ2n) is 7.57. The molecule has 6 nitrogen and oxygen atoms in total. The highest BCUT2D eigenvalue weighted by atomic mass is 16.1. The number of nitrogens with zero attached hydrogens (tertiary/aromatic N) is 3. The monoisotopic (exact) mass is 367 g/mol. The van der Waals surface area contributed by atoms with E-state index in [1.807, 2.05) is 12.1 Å². The number of carbonyl (C=O) groups is 1. The third kappa shape index (κ3) is 4.00. The molecule has 1 saturated heterocycles. The first kappa shape index (κ1) is 18.0. The number of H-pyrrole nitrogens is 1. The van der Waals surface area contributed by atoms with Crippen molar-refractivity contribution in [2.24, 2.45) is 0 Å². The number of amides is 1. The van der Waals surface area contributed by atoms with E-state index in [0.29, 0.717) is 5.69 Å². The molecule has 2 heterocycles. The average molecular weight is 367 g/mol. The van der Waals surface area contributed by atoms with Crippen molar-refractivity contribution in [1.29, 1.82) is 0 Å². The number of hydrogen-bond acceptors (Lipinski definition) is 4. The Labute approximate surface area is 160 Å². The van der Waals surface area contributed by atoms with Crippen LogP contribution in [0.25, 0.3) is 0 Å². The molecule has 0 atom stereocenters. The fraction of sp³-hybridized carbons (Fsp3) is 0.524. The van der Waals surface area contributed by atoms with Gasteiger partial charge in [-0.05, 0) is 62.9 Å². The first-order valence-corrected chi connectivity index (χ1v) is 10.2. The number of piperazine rings is 1. The number of hydrogen-bond donors (Lipinski definition) is 2. The molecule has 1 fully saturated rings. The lowest BCUT2D eigenvalue weighted by Gasteiger charge is -2.36. The number of rotatable bonds is 5. The molecule has 0 unspecified atom stereocenters. The zero-order valence-corrected chi connectivity index (χ0v) is 16.1. The van der Waals surface area contributed by atoms with Gasteiger partial charge in [-0.15, -0.1) is 0 Å². The predicted molar refractivity (Wildman–Crippen MR) is 109 cm³/mol. The Balaban J connectivity index is 1.37. The fourth-order valence-corrected chi connectivity index (χ4v) is 4.16. The van der Waals surface area contributed by atoms with E-state index in [1.54, 1.807) is 0 Å². The molecule has 144 valence electrons. The minimum Gasteiger partial charge on any atom is -0.369 e. The molecule has 1 aliphatic heterocycles. The normalized spacial score (nSPS) is 17.6. The summed E-state index contributed by atoms with van der Waals surface area (Å²) >= 11 is 0. The Morgan fingerprint density at radius 1 is 1.11 bits per heavy atom. The third-order valence-corrected chi connectivity index (χ3v) is 5.67. The topological polar surface area (TPSA) is 64.3 Å². The van der Waals surface area contributed by atoms with Gasteiger partial charge in [0, 0.05) is 48.8 Å². The van der Waals surface area contributed by atoms with Crippen LogP contribution < -0.4 is 10.2 Å². The van der Waals surface area contributed by atoms with Gasteiger partial charge in [0.15, 0.2) is 5.69 Å². The molecule has 2 aromatic rings. The van der Waals surface area contributed by atoms with Crippen LogP contribution in [0, 0.1) is 0 Å². The van der Waals surface area contributed by atoms with Gasteiger partial charge in [0.05, 0.1) is 0 Å². The van der Waals surface area contributed by atoms with Gasteiger partial charge in [0.1, 0.15) is 0 Å². The van der Waals surface area contributed by atoms with Crippen LogP contribution in [0.3, 0.4) is 0 Å². The van der Waals surface area contributed by atoms with Crippen molar-refractivity contribution in [2.75, 3.05) is 42.9 Å². The highest BCUT2D eigenvalue weighted by Gasteiger charge is 2.22. The van der Waals surface area contributed by atoms with Crippen molar-refractivity contribution in [2.45, 2.75) is 39.0 Å². The molecule has 0 spiro atoms. The molecule has 1 aromatic heterocycles. The van der Waals surface area contributed by atoms with Gasteiger partial charge >= 0.3 is 0 Å². The summed E-state index contributed by atoms with van der Waals surface area (Å²) in [7, 11) is 0. The molecular weight excluding hydrogens is 338 g/mol.